The predicted octanol–water partition coefficient (Wildman–Crippen LogP) is 5.82. The van der Waals surface area contributed by atoms with Crippen LogP contribution < -0.4 is 10.0 Å². The van der Waals surface area contributed by atoms with Gasteiger partial charge in [0.05, 0.1) is 15.5 Å². The monoisotopic (exact) mass is 442 g/mol. The second-order valence-electron chi connectivity index (χ2n) is 7.34. The maximum atomic E-state index is 12.7. The number of sulfonamides is 1. The van der Waals surface area contributed by atoms with Gasteiger partial charge in [-0.15, -0.1) is 0 Å². The molecule has 0 aliphatic rings. The van der Waals surface area contributed by atoms with Crippen LogP contribution in [0.4, 0.5) is 11.4 Å². The zero-order valence-electron chi connectivity index (χ0n) is 16.9. The lowest BCUT2D eigenvalue weighted by Gasteiger charge is -2.12. The van der Waals surface area contributed by atoms with Gasteiger partial charge in [0, 0.05) is 11.4 Å². The number of carbonyl (C=O) groups excluding carboxylic acids is 1. The third-order valence-electron chi connectivity index (χ3n) is 4.63. The third-order valence-corrected chi connectivity index (χ3v) is 6.36. The lowest BCUT2D eigenvalue weighted by atomic mass is 10.0. The van der Waals surface area contributed by atoms with Crippen molar-refractivity contribution in [1.29, 1.82) is 0 Å². The van der Waals surface area contributed by atoms with Crippen LogP contribution in [0, 0.1) is 6.92 Å². The maximum absolute atomic E-state index is 12.7. The Kier molecular flexibility index (Phi) is 6.48. The molecule has 3 aromatic carbocycles. The van der Waals surface area contributed by atoms with Crippen molar-refractivity contribution in [2.75, 3.05) is 10.0 Å². The lowest BCUT2D eigenvalue weighted by molar-refractivity contribution is 0.102. The summed E-state index contributed by atoms with van der Waals surface area (Å²) in [5.41, 5.74) is 3.18. The quantitative estimate of drug-likeness (QED) is 0.504. The Labute approximate surface area is 182 Å². The highest BCUT2D eigenvalue weighted by Crippen LogP contribution is 2.25. The van der Waals surface area contributed by atoms with Crippen LogP contribution in [0.5, 0.6) is 0 Å². The zero-order chi connectivity index (χ0) is 21.9. The van der Waals surface area contributed by atoms with Crippen LogP contribution >= 0.6 is 11.6 Å². The van der Waals surface area contributed by atoms with E-state index in [-0.39, 0.29) is 21.2 Å². The molecular weight excluding hydrogens is 420 g/mol. The molecule has 0 saturated carbocycles. The van der Waals surface area contributed by atoms with Crippen LogP contribution in [0.15, 0.2) is 71.6 Å². The summed E-state index contributed by atoms with van der Waals surface area (Å²) in [4.78, 5) is 12.8. The van der Waals surface area contributed by atoms with E-state index in [0.717, 1.165) is 5.56 Å². The van der Waals surface area contributed by atoms with Crippen LogP contribution in [-0.4, -0.2) is 14.3 Å². The number of aryl methyl sites for hydroxylation is 1. The lowest BCUT2D eigenvalue weighted by Crippen LogP contribution is -2.15. The van der Waals surface area contributed by atoms with E-state index in [1.165, 1.54) is 35.9 Å². The standard InChI is InChI=1S/C23H23ClN2O3S/c1-15(2)17-6-8-18(9-7-17)25-23(27)21-14-19(10-13-22(21)24)26-30(28,29)20-11-4-16(3)5-12-20/h4-15,26H,1-3H3,(H,25,27). The fourth-order valence-corrected chi connectivity index (χ4v) is 4.10. The van der Waals surface area contributed by atoms with E-state index in [9.17, 15) is 13.2 Å². The molecule has 3 aromatic rings. The van der Waals surface area contributed by atoms with Crippen molar-refractivity contribution in [3.05, 3.63) is 88.4 Å². The molecule has 0 bridgehead atoms. The summed E-state index contributed by atoms with van der Waals surface area (Å²) >= 11 is 6.19. The van der Waals surface area contributed by atoms with Crippen molar-refractivity contribution in [1.82, 2.24) is 0 Å². The van der Waals surface area contributed by atoms with Gasteiger partial charge in [0.1, 0.15) is 0 Å². The summed E-state index contributed by atoms with van der Waals surface area (Å²) in [5.74, 6) is -0.0314. The van der Waals surface area contributed by atoms with Crippen LogP contribution in [-0.2, 0) is 10.0 Å². The number of carbonyl (C=O) groups is 1. The Morgan fingerprint density at radius 1 is 0.900 bits per heavy atom. The molecule has 0 aliphatic carbocycles. The predicted molar refractivity (Wildman–Crippen MR) is 122 cm³/mol. The van der Waals surface area contributed by atoms with Gasteiger partial charge in [-0.1, -0.05) is 55.3 Å². The average Bonchev–Trinajstić information content (AvgIpc) is 2.70. The summed E-state index contributed by atoms with van der Waals surface area (Å²) < 4.78 is 27.7. The maximum Gasteiger partial charge on any atom is 0.261 e. The number of hydrogen-bond donors (Lipinski definition) is 2. The van der Waals surface area contributed by atoms with Crippen molar-refractivity contribution in [3.8, 4) is 0 Å². The van der Waals surface area contributed by atoms with E-state index < -0.39 is 15.9 Å². The van der Waals surface area contributed by atoms with E-state index in [2.05, 4.69) is 23.9 Å². The molecule has 7 heteroatoms. The van der Waals surface area contributed by atoms with Gasteiger partial charge in [0.25, 0.3) is 15.9 Å². The van der Waals surface area contributed by atoms with E-state index in [1.807, 2.05) is 31.2 Å². The number of anilines is 2. The largest absolute Gasteiger partial charge is 0.322 e. The van der Waals surface area contributed by atoms with Gasteiger partial charge in [-0.25, -0.2) is 8.42 Å². The number of halogens is 1. The van der Waals surface area contributed by atoms with Crippen LogP contribution in [0.3, 0.4) is 0 Å². The van der Waals surface area contributed by atoms with Crippen LogP contribution in [0.25, 0.3) is 0 Å². The molecule has 156 valence electrons. The van der Waals surface area contributed by atoms with Crippen LogP contribution in [0.2, 0.25) is 5.02 Å². The van der Waals surface area contributed by atoms with Crippen molar-refractivity contribution in [2.24, 2.45) is 0 Å². The first kappa shape index (κ1) is 21.9. The number of rotatable bonds is 6. The molecule has 1 amide bonds. The molecule has 0 heterocycles. The third kappa shape index (κ3) is 5.20. The second-order valence-corrected chi connectivity index (χ2v) is 9.43. The molecule has 3 rings (SSSR count). The number of nitrogens with one attached hydrogen (secondary N) is 2. The molecule has 0 aliphatic heterocycles. The molecule has 30 heavy (non-hydrogen) atoms. The smallest absolute Gasteiger partial charge is 0.261 e. The molecule has 0 atom stereocenters. The Bertz CT molecular complexity index is 1160. The first-order valence-corrected chi connectivity index (χ1v) is 11.3. The molecule has 0 fully saturated rings. The first-order chi connectivity index (χ1) is 14.2. The van der Waals surface area contributed by atoms with Gasteiger partial charge in [-0.3, -0.25) is 9.52 Å². The Hall–Kier alpha value is -2.83. The minimum absolute atomic E-state index is 0.138. The normalized spacial score (nSPS) is 11.4. The Morgan fingerprint density at radius 2 is 1.50 bits per heavy atom. The van der Waals surface area contributed by atoms with E-state index in [0.29, 0.717) is 11.6 Å². The molecule has 0 unspecified atom stereocenters. The molecule has 0 radical (unpaired) electrons. The summed E-state index contributed by atoms with van der Waals surface area (Å²) in [6, 6.07) is 18.5. The molecule has 0 aromatic heterocycles. The fourth-order valence-electron chi connectivity index (χ4n) is 2.84. The Morgan fingerprint density at radius 3 is 2.10 bits per heavy atom. The zero-order valence-corrected chi connectivity index (χ0v) is 18.5. The van der Waals surface area contributed by atoms with E-state index in [4.69, 9.17) is 11.6 Å². The highest BCUT2D eigenvalue weighted by atomic mass is 35.5. The van der Waals surface area contributed by atoms with Crippen molar-refractivity contribution < 1.29 is 13.2 Å². The summed E-state index contributed by atoms with van der Waals surface area (Å²) in [6.07, 6.45) is 0. The second kappa shape index (κ2) is 8.90. The highest BCUT2D eigenvalue weighted by molar-refractivity contribution is 7.92. The van der Waals surface area contributed by atoms with Gasteiger partial charge < -0.3 is 5.32 Å². The molecular formula is C23H23ClN2O3S. The average molecular weight is 443 g/mol. The SMILES string of the molecule is Cc1ccc(S(=O)(=O)Nc2ccc(Cl)c(C(=O)Nc3ccc(C(C)C)cc3)c2)cc1. The number of amides is 1. The molecule has 0 spiro atoms. The van der Waals surface area contributed by atoms with Gasteiger partial charge in [0.2, 0.25) is 0 Å². The topological polar surface area (TPSA) is 75.3 Å². The van der Waals surface area contributed by atoms with Crippen LogP contribution in [0.1, 0.15) is 41.3 Å². The van der Waals surface area contributed by atoms with Crippen molar-refractivity contribution >= 4 is 38.9 Å². The Balaban J connectivity index is 1.80. The van der Waals surface area contributed by atoms with E-state index in [1.54, 1.807) is 12.1 Å². The minimum Gasteiger partial charge on any atom is -0.322 e. The van der Waals surface area contributed by atoms with Gasteiger partial charge in [0.15, 0.2) is 0 Å². The number of benzene rings is 3. The van der Waals surface area contributed by atoms with Gasteiger partial charge in [-0.05, 0) is 60.9 Å². The summed E-state index contributed by atoms with van der Waals surface area (Å²) in [5, 5.41) is 3.02. The minimum atomic E-state index is -3.78. The first-order valence-electron chi connectivity index (χ1n) is 9.46. The number of hydrogen-bond acceptors (Lipinski definition) is 3. The van der Waals surface area contributed by atoms with Gasteiger partial charge in [-0.2, -0.15) is 0 Å². The summed E-state index contributed by atoms with van der Waals surface area (Å²) in [6.45, 7) is 6.07. The highest BCUT2D eigenvalue weighted by Gasteiger charge is 2.17. The molecule has 5 nitrogen and oxygen atoms in total. The molecule has 0 saturated heterocycles. The van der Waals surface area contributed by atoms with Crippen molar-refractivity contribution in [3.63, 3.8) is 0 Å². The fraction of sp³-hybridized carbons (Fsp3) is 0.174. The van der Waals surface area contributed by atoms with Gasteiger partial charge >= 0.3 is 0 Å². The van der Waals surface area contributed by atoms with Crippen molar-refractivity contribution in [2.45, 2.75) is 31.6 Å². The molecule has 2 N–H and O–H groups in total. The summed E-state index contributed by atoms with van der Waals surface area (Å²) in [7, 11) is -3.78. The van der Waals surface area contributed by atoms with E-state index >= 15 is 0 Å².